The maximum Gasteiger partial charge on any atom is 0.350 e. The van der Waals surface area contributed by atoms with Gasteiger partial charge in [0, 0.05) is 0 Å². The highest BCUT2D eigenvalue weighted by Crippen LogP contribution is 2.30. The topological polar surface area (TPSA) is 88.8 Å². The van der Waals surface area contributed by atoms with E-state index in [9.17, 15) is 13.6 Å². The molecule has 0 unspecified atom stereocenters. The molecule has 7 nitrogen and oxygen atoms in total. The van der Waals surface area contributed by atoms with Crippen LogP contribution in [0.5, 0.6) is 0 Å². The Morgan fingerprint density at radius 2 is 2.19 bits per heavy atom. The fraction of sp³-hybridized carbons (Fsp3) is 0.235. The quantitative estimate of drug-likeness (QED) is 0.352. The van der Waals surface area contributed by atoms with Crippen molar-refractivity contribution in [3.05, 3.63) is 46.9 Å². The molecule has 0 aliphatic rings. The van der Waals surface area contributed by atoms with E-state index in [4.69, 9.17) is 4.74 Å². The maximum atomic E-state index is 14.0. The minimum absolute atomic E-state index is 0.0141. The third kappa shape index (κ3) is 5.23. The lowest BCUT2D eigenvalue weighted by molar-refractivity contribution is 0.0530. The fourth-order valence-electron chi connectivity index (χ4n) is 1.95. The Bertz CT molecular complexity index is 895. The van der Waals surface area contributed by atoms with Gasteiger partial charge in [-0.3, -0.25) is 0 Å². The second-order valence-corrected chi connectivity index (χ2v) is 5.93. The van der Waals surface area contributed by atoms with E-state index in [1.807, 2.05) is 6.92 Å². The Kier molecular flexibility index (Phi) is 7.24. The number of guanidine groups is 1. The van der Waals surface area contributed by atoms with Gasteiger partial charge in [0.1, 0.15) is 9.88 Å². The number of thiazole rings is 1. The number of nitrogens with one attached hydrogen (secondary N) is 1. The summed E-state index contributed by atoms with van der Waals surface area (Å²) in [5, 5.41) is 2.97. The molecule has 0 saturated carbocycles. The number of carbonyl (C=O) groups excluding carboxylic acids is 1. The van der Waals surface area contributed by atoms with Crippen LogP contribution in [-0.4, -0.2) is 35.2 Å². The van der Waals surface area contributed by atoms with Gasteiger partial charge in [0.05, 0.1) is 24.4 Å². The zero-order chi connectivity index (χ0) is 19.8. The third-order valence-corrected chi connectivity index (χ3v) is 4.22. The van der Waals surface area contributed by atoms with Gasteiger partial charge in [-0.2, -0.15) is 13.8 Å². The lowest BCUT2D eigenvalue weighted by Crippen LogP contribution is -2.15. The van der Waals surface area contributed by atoms with E-state index in [-0.39, 0.29) is 40.3 Å². The molecule has 0 spiro atoms. The second kappa shape index (κ2) is 9.62. The lowest BCUT2D eigenvalue weighted by atomic mass is 10.3. The van der Waals surface area contributed by atoms with Crippen LogP contribution in [0.4, 0.5) is 8.78 Å². The molecule has 27 heavy (non-hydrogen) atoms. The Labute approximate surface area is 158 Å². The Hall–Kier alpha value is -3.01. The van der Waals surface area contributed by atoms with Crippen molar-refractivity contribution in [2.24, 2.45) is 9.98 Å². The highest BCUT2D eigenvalue weighted by molar-refractivity contribution is 7.17. The average Bonchev–Trinajstić information content (AvgIpc) is 3.06. The van der Waals surface area contributed by atoms with E-state index in [1.165, 1.54) is 6.07 Å². The smallest absolute Gasteiger partial charge is 0.350 e. The summed E-state index contributed by atoms with van der Waals surface area (Å²) in [7, 11) is 0. The molecule has 0 aromatic carbocycles. The molecule has 0 aliphatic heterocycles. The van der Waals surface area contributed by atoms with Crippen molar-refractivity contribution in [3.63, 3.8) is 0 Å². The molecule has 0 radical (unpaired) electrons. The zero-order valence-corrected chi connectivity index (χ0v) is 15.5. The molecule has 0 bridgehead atoms. The molecule has 142 valence electrons. The minimum Gasteiger partial charge on any atom is -0.462 e. The van der Waals surface area contributed by atoms with E-state index in [0.29, 0.717) is 0 Å². The molecule has 2 heterocycles. The van der Waals surface area contributed by atoms with Gasteiger partial charge in [0.25, 0.3) is 0 Å². The SMILES string of the molecule is C=NC(=NCc1nc(-c2ccc(F)nc2F)sc1C(=O)OCC)N/C=C\C. The molecule has 2 aromatic rings. The van der Waals surface area contributed by atoms with Gasteiger partial charge in [-0.1, -0.05) is 6.08 Å². The number of aliphatic imine (C=N–C) groups is 2. The van der Waals surface area contributed by atoms with Gasteiger partial charge in [0.15, 0.2) is 0 Å². The first-order valence-electron chi connectivity index (χ1n) is 7.88. The number of carbonyl (C=O) groups is 1. The largest absolute Gasteiger partial charge is 0.462 e. The lowest BCUT2D eigenvalue weighted by Gasteiger charge is -2.01. The van der Waals surface area contributed by atoms with E-state index >= 15 is 0 Å². The summed E-state index contributed by atoms with van der Waals surface area (Å²) in [5.74, 6) is -2.33. The molecule has 10 heteroatoms. The van der Waals surface area contributed by atoms with E-state index in [0.717, 1.165) is 17.4 Å². The van der Waals surface area contributed by atoms with Crippen LogP contribution >= 0.6 is 11.3 Å². The Balaban J connectivity index is 2.42. The first-order valence-corrected chi connectivity index (χ1v) is 8.69. The molecular formula is C17H17F2N5O2S. The average molecular weight is 393 g/mol. The van der Waals surface area contributed by atoms with E-state index < -0.39 is 17.9 Å². The van der Waals surface area contributed by atoms with Crippen LogP contribution < -0.4 is 5.32 Å². The summed E-state index contributed by atoms with van der Waals surface area (Å²) < 4.78 is 32.0. The number of rotatable bonds is 6. The number of allylic oxidation sites excluding steroid dienone is 1. The number of esters is 1. The number of aromatic nitrogens is 2. The van der Waals surface area contributed by atoms with Crippen LogP contribution in [0.3, 0.4) is 0 Å². The summed E-state index contributed by atoms with van der Waals surface area (Å²) in [6.07, 6.45) is 3.36. The molecule has 1 N–H and O–H groups in total. The summed E-state index contributed by atoms with van der Waals surface area (Å²) in [5.41, 5.74) is 0.261. The molecule has 0 saturated heterocycles. The van der Waals surface area contributed by atoms with Gasteiger partial charge in [-0.05, 0) is 38.9 Å². The van der Waals surface area contributed by atoms with Crippen molar-refractivity contribution >= 4 is 30.0 Å². The summed E-state index contributed by atoms with van der Waals surface area (Å²) in [6.45, 7) is 7.04. The molecular weight excluding hydrogens is 376 g/mol. The van der Waals surface area contributed by atoms with Crippen LogP contribution in [0.15, 0.2) is 34.4 Å². The molecule has 0 aliphatic carbocycles. The van der Waals surface area contributed by atoms with Crippen molar-refractivity contribution in [1.82, 2.24) is 15.3 Å². The maximum absolute atomic E-state index is 14.0. The van der Waals surface area contributed by atoms with Gasteiger partial charge in [0.2, 0.25) is 17.9 Å². The first-order chi connectivity index (χ1) is 13.0. The summed E-state index contributed by atoms with van der Waals surface area (Å²) >= 11 is 0.920. The number of halogens is 2. The van der Waals surface area contributed by atoms with Gasteiger partial charge >= 0.3 is 5.97 Å². The number of pyridine rings is 1. The van der Waals surface area contributed by atoms with Gasteiger partial charge in [-0.15, -0.1) is 11.3 Å². The predicted molar refractivity (Wildman–Crippen MR) is 99.9 cm³/mol. The monoisotopic (exact) mass is 393 g/mol. The van der Waals surface area contributed by atoms with Gasteiger partial charge in [-0.25, -0.2) is 19.8 Å². The number of ether oxygens (including phenoxy) is 1. The van der Waals surface area contributed by atoms with Crippen LogP contribution in [0.2, 0.25) is 0 Å². The number of hydrogen-bond donors (Lipinski definition) is 1. The third-order valence-electron chi connectivity index (χ3n) is 3.11. The normalized spacial score (nSPS) is 11.6. The standard InChI is InChI=1S/C17H17F2N5O2S/c1-4-8-21-17(20-3)22-9-11-13(16(25)26-5-2)27-15(23-11)10-6-7-12(18)24-14(10)19/h4,6-8H,3,5,9H2,1-2H3,(H,21,22)/b8-4-. The molecule has 0 fully saturated rings. The van der Waals surface area contributed by atoms with Crippen molar-refractivity contribution in [3.8, 4) is 10.6 Å². The number of hydrogen-bond acceptors (Lipinski definition) is 6. The molecule has 0 amide bonds. The van der Waals surface area contributed by atoms with E-state index in [2.05, 4.69) is 32.0 Å². The molecule has 0 atom stereocenters. The van der Waals surface area contributed by atoms with Crippen molar-refractivity contribution < 1.29 is 18.3 Å². The second-order valence-electron chi connectivity index (χ2n) is 4.93. The van der Waals surface area contributed by atoms with Crippen molar-refractivity contribution in [2.45, 2.75) is 20.4 Å². The minimum atomic E-state index is -1.02. The van der Waals surface area contributed by atoms with Gasteiger partial charge < -0.3 is 10.1 Å². The number of nitrogens with zero attached hydrogens (tertiary/aromatic N) is 4. The highest BCUT2D eigenvalue weighted by Gasteiger charge is 2.22. The van der Waals surface area contributed by atoms with Crippen LogP contribution in [0.1, 0.15) is 29.2 Å². The zero-order valence-electron chi connectivity index (χ0n) is 14.7. The first kappa shape index (κ1) is 20.3. The van der Waals surface area contributed by atoms with Crippen molar-refractivity contribution in [1.29, 1.82) is 0 Å². The highest BCUT2D eigenvalue weighted by atomic mass is 32.1. The summed E-state index contributed by atoms with van der Waals surface area (Å²) in [4.78, 5) is 27.7. The summed E-state index contributed by atoms with van der Waals surface area (Å²) in [6, 6.07) is 2.23. The van der Waals surface area contributed by atoms with E-state index in [1.54, 1.807) is 19.2 Å². The van der Waals surface area contributed by atoms with Crippen LogP contribution in [0.25, 0.3) is 10.6 Å². The Morgan fingerprint density at radius 1 is 1.41 bits per heavy atom. The van der Waals surface area contributed by atoms with Crippen molar-refractivity contribution in [2.75, 3.05) is 6.61 Å². The molecule has 2 rings (SSSR count). The van der Waals surface area contributed by atoms with Crippen LogP contribution in [-0.2, 0) is 11.3 Å². The fourth-order valence-corrected chi connectivity index (χ4v) is 2.93. The Morgan fingerprint density at radius 3 is 2.81 bits per heavy atom. The van der Waals surface area contributed by atoms with Crippen LogP contribution in [0, 0.1) is 11.9 Å². The molecule has 2 aromatic heterocycles. The predicted octanol–water partition coefficient (Wildman–Crippen LogP) is 3.34.